The summed E-state index contributed by atoms with van der Waals surface area (Å²) in [5.41, 5.74) is 0.508. The van der Waals surface area contributed by atoms with Crippen LogP contribution in [-0.2, 0) is 0 Å². The van der Waals surface area contributed by atoms with Crippen LogP contribution in [0.3, 0.4) is 0 Å². The maximum absolute atomic E-state index is 8.94. The summed E-state index contributed by atoms with van der Waals surface area (Å²) in [7, 11) is 0. The van der Waals surface area contributed by atoms with Gasteiger partial charge in [-0.15, -0.1) is 0 Å². The molecule has 1 N–H and O–H groups in total. The Balaban J connectivity index is 2.61. The van der Waals surface area contributed by atoms with Gasteiger partial charge in [-0.1, -0.05) is 6.58 Å². The second-order valence-electron chi connectivity index (χ2n) is 3.92. The van der Waals surface area contributed by atoms with Gasteiger partial charge in [-0.05, 0) is 13.8 Å². The highest BCUT2D eigenvalue weighted by molar-refractivity contribution is 5.16. The summed E-state index contributed by atoms with van der Waals surface area (Å²) in [6.07, 6.45) is 0. The molecule has 13 heavy (non-hydrogen) atoms. The lowest BCUT2D eigenvalue weighted by Gasteiger charge is -2.35. The number of hydrogen-bond acceptors (Lipinski definition) is 3. The summed E-state index contributed by atoms with van der Waals surface area (Å²) in [6, 6.07) is 2.28. The second-order valence-corrected chi connectivity index (χ2v) is 3.92. The normalized spacial score (nSPS) is 18.1. The molecule has 1 aliphatic rings. The number of nitriles is 1. The zero-order valence-electron chi connectivity index (χ0n) is 8.43. The van der Waals surface area contributed by atoms with Crippen molar-refractivity contribution in [3.63, 3.8) is 0 Å². The van der Waals surface area contributed by atoms with Gasteiger partial charge in [-0.3, -0.25) is 0 Å². The minimum atomic E-state index is -0.433. The summed E-state index contributed by atoms with van der Waals surface area (Å²) in [6.45, 7) is 11.7. The van der Waals surface area contributed by atoms with Crippen LogP contribution in [0.4, 0.5) is 0 Å². The van der Waals surface area contributed by atoms with Crippen molar-refractivity contribution in [1.82, 2.24) is 10.2 Å². The molecule has 1 rings (SSSR count). The molecule has 0 spiro atoms. The van der Waals surface area contributed by atoms with Gasteiger partial charge < -0.3 is 10.2 Å². The Morgan fingerprint density at radius 1 is 1.46 bits per heavy atom. The zero-order valence-corrected chi connectivity index (χ0v) is 8.43. The maximum Gasteiger partial charge on any atom is 0.0907 e. The van der Waals surface area contributed by atoms with Crippen LogP contribution in [0.2, 0.25) is 0 Å². The van der Waals surface area contributed by atoms with Gasteiger partial charge in [0.25, 0.3) is 0 Å². The van der Waals surface area contributed by atoms with E-state index in [1.807, 2.05) is 13.8 Å². The summed E-state index contributed by atoms with van der Waals surface area (Å²) in [5, 5.41) is 12.2. The number of rotatable bonds is 2. The van der Waals surface area contributed by atoms with E-state index in [0.29, 0.717) is 0 Å². The third-order valence-corrected chi connectivity index (χ3v) is 2.50. The molecule has 0 aromatic carbocycles. The van der Waals surface area contributed by atoms with E-state index in [1.54, 1.807) is 0 Å². The van der Waals surface area contributed by atoms with Crippen LogP contribution in [0.15, 0.2) is 12.3 Å². The Kier molecular flexibility index (Phi) is 2.94. The lowest BCUT2D eigenvalue weighted by atomic mass is 9.91. The van der Waals surface area contributed by atoms with Gasteiger partial charge in [0.15, 0.2) is 0 Å². The second kappa shape index (κ2) is 3.80. The van der Waals surface area contributed by atoms with Gasteiger partial charge in [0.05, 0.1) is 11.5 Å². The highest BCUT2D eigenvalue weighted by Crippen LogP contribution is 2.26. The van der Waals surface area contributed by atoms with Crippen molar-refractivity contribution in [2.24, 2.45) is 5.41 Å². The average Bonchev–Trinajstić information content (AvgIpc) is 2.18. The molecule has 0 amide bonds. The van der Waals surface area contributed by atoms with Gasteiger partial charge in [0, 0.05) is 31.9 Å². The first-order chi connectivity index (χ1) is 6.08. The third-order valence-electron chi connectivity index (χ3n) is 2.50. The molecule has 0 aliphatic carbocycles. The molecule has 1 saturated heterocycles. The van der Waals surface area contributed by atoms with Crippen LogP contribution < -0.4 is 5.32 Å². The molecular formula is C10H17N3. The Hall–Kier alpha value is -1.01. The van der Waals surface area contributed by atoms with E-state index in [-0.39, 0.29) is 0 Å². The Labute approximate surface area is 80.0 Å². The molecule has 0 bridgehead atoms. The van der Waals surface area contributed by atoms with Crippen molar-refractivity contribution in [3.05, 3.63) is 12.3 Å². The SMILES string of the molecule is C=C(N1CCNCC1)C(C)(C)C#N. The Morgan fingerprint density at radius 2 is 2.00 bits per heavy atom. The largest absolute Gasteiger partial charge is 0.371 e. The minimum Gasteiger partial charge on any atom is -0.371 e. The fourth-order valence-electron chi connectivity index (χ4n) is 1.39. The molecular weight excluding hydrogens is 162 g/mol. The maximum atomic E-state index is 8.94. The van der Waals surface area contributed by atoms with Crippen LogP contribution >= 0.6 is 0 Å². The summed E-state index contributed by atoms with van der Waals surface area (Å²) in [4.78, 5) is 2.19. The topological polar surface area (TPSA) is 39.1 Å². The first kappa shape index (κ1) is 10.1. The highest BCUT2D eigenvalue weighted by atomic mass is 15.2. The highest BCUT2D eigenvalue weighted by Gasteiger charge is 2.26. The van der Waals surface area contributed by atoms with E-state index < -0.39 is 5.41 Å². The molecule has 1 heterocycles. The molecule has 3 nitrogen and oxygen atoms in total. The molecule has 0 aromatic heterocycles. The lowest BCUT2D eigenvalue weighted by molar-refractivity contribution is 0.257. The van der Waals surface area contributed by atoms with E-state index in [1.165, 1.54) is 0 Å². The summed E-state index contributed by atoms with van der Waals surface area (Å²) in [5.74, 6) is 0. The third kappa shape index (κ3) is 2.22. The van der Waals surface area contributed by atoms with E-state index in [2.05, 4.69) is 22.9 Å². The Morgan fingerprint density at radius 3 is 2.46 bits per heavy atom. The van der Waals surface area contributed by atoms with Crippen molar-refractivity contribution < 1.29 is 0 Å². The number of hydrogen-bond donors (Lipinski definition) is 1. The van der Waals surface area contributed by atoms with Crippen LogP contribution in [0.25, 0.3) is 0 Å². The van der Waals surface area contributed by atoms with E-state index >= 15 is 0 Å². The average molecular weight is 179 g/mol. The van der Waals surface area contributed by atoms with E-state index in [4.69, 9.17) is 5.26 Å². The molecule has 0 radical (unpaired) electrons. The predicted molar refractivity (Wildman–Crippen MR) is 53.0 cm³/mol. The monoisotopic (exact) mass is 179 g/mol. The number of allylic oxidation sites excluding steroid dienone is 1. The molecule has 1 fully saturated rings. The standard InChI is InChI=1S/C10H17N3/c1-9(10(2,3)8-11)13-6-4-12-5-7-13/h12H,1,4-7H2,2-3H3. The van der Waals surface area contributed by atoms with Gasteiger partial charge >= 0.3 is 0 Å². The van der Waals surface area contributed by atoms with Crippen LogP contribution in [0, 0.1) is 16.7 Å². The molecule has 0 atom stereocenters. The smallest absolute Gasteiger partial charge is 0.0907 e. The summed E-state index contributed by atoms with van der Waals surface area (Å²) >= 11 is 0. The molecule has 0 saturated carbocycles. The van der Waals surface area contributed by atoms with Gasteiger partial charge in [0.2, 0.25) is 0 Å². The molecule has 72 valence electrons. The van der Waals surface area contributed by atoms with E-state index in [0.717, 1.165) is 31.9 Å². The van der Waals surface area contributed by atoms with Crippen LogP contribution in [-0.4, -0.2) is 31.1 Å². The predicted octanol–water partition coefficient (Wildman–Crippen LogP) is 0.955. The molecule has 3 heteroatoms. The number of piperazine rings is 1. The van der Waals surface area contributed by atoms with Crippen molar-refractivity contribution in [2.45, 2.75) is 13.8 Å². The van der Waals surface area contributed by atoms with Gasteiger partial charge in [0.1, 0.15) is 0 Å². The van der Waals surface area contributed by atoms with Crippen molar-refractivity contribution in [3.8, 4) is 6.07 Å². The lowest BCUT2D eigenvalue weighted by Crippen LogP contribution is -2.45. The van der Waals surface area contributed by atoms with Crippen molar-refractivity contribution in [1.29, 1.82) is 5.26 Å². The molecule has 0 unspecified atom stereocenters. The molecule has 1 aliphatic heterocycles. The Bertz CT molecular complexity index is 231. The van der Waals surface area contributed by atoms with Gasteiger partial charge in [-0.25, -0.2) is 0 Å². The number of nitrogens with one attached hydrogen (secondary N) is 1. The quantitative estimate of drug-likeness (QED) is 0.686. The minimum absolute atomic E-state index is 0.433. The first-order valence-electron chi connectivity index (χ1n) is 4.64. The van der Waals surface area contributed by atoms with Gasteiger partial charge in [-0.2, -0.15) is 5.26 Å². The van der Waals surface area contributed by atoms with Crippen LogP contribution in [0.1, 0.15) is 13.8 Å². The fraction of sp³-hybridized carbons (Fsp3) is 0.700. The van der Waals surface area contributed by atoms with E-state index in [9.17, 15) is 0 Å². The first-order valence-corrected chi connectivity index (χ1v) is 4.64. The van der Waals surface area contributed by atoms with Crippen LogP contribution in [0.5, 0.6) is 0 Å². The number of nitrogens with zero attached hydrogens (tertiary/aromatic N) is 2. The van der Waals surface area contributed by atoms with Crippen molar-refractivity contribution >= 4 is 0 Å². The zero-order chi connectivity index (χ0) is 9.90. The summed E-state index contributed by atoms with van der Waals surface area (Å²) < 4.78 is 0. The van der Waals surface area contributed by atoms with Crippen molar-refractivity contribution in [2.75, 3.05) is 26.2 Å². The fourth-order valence-corrected chi connectivity index (χ4v) is 1.39. The molecule has 0 aromatic rings.